The van der Waals surface area contributed by atoms with Gasteiger partial charge in [-0.05, 0) is 37.6 Å². The van der Waals surface area contributed by atoms with Crippen LogP contribution in [0.2, 0.25) is 0 Å². The van der Waals surface area contributed by atoms with Crippen molar-refractivity contribution in [1.82, 2.24) is 14.5 Å². The minimum Gasteiger partial charge on any atom is -0.337 e. The molecule has 0 atom stereocenters. The van der Waals surface area contributed by atoms with Gasteiger partial charge in [-0.1, -0.05) is 12.1 Å². The minimum atomic E-state index is -4.37. The number of benzene rings is 1. The average Bonchev–Trinajstić information content (AvgIpc) is 3.21. The molecule has 0 N–H and O–H groups in total. The van der Waals surface area contributed by atoms with E-state index in [2.05, 4.69) is 4.98 Å². The Morgan fingerprint density at radius 2 is 1.89 bits per heavy atom. The quantitative estimate of drug-likeness (QED) is 0.636. The van der Waals surface area contributed by atoms with Crippen LogP contribution in [0, 0.1) is 13.8 Å². The third-order valence-electron chi connectivity index (χ3n) is 4.32. The topological polar surface area (TPSA) is 38.1 Å². The highest BCUT2D eigenvalue weighted by atomic mass is 32.1. The molecule has 2 aromatic heterocycles. The fraction of sp³-hybridized carbons (Fsp3) is 0.263. The second-order valence-electron chi connectivity index (χ2n) is 6.29. The number of hydrogen-bond donors (Lipinski definition) is 0. The molecule has 0 saturated heterocycles. The van der Waals surface area contributed by atoms with E-state index >= 15 is 0 Å². The van der Waals surface area contributed by atoms with Gasteiger partial charge in [0.2, 0.25) is 0 Å². The predicted octanol–water partition coefficient (Wildman–Crippen LogP) is 4.84. The van der Waals surface area contributed by atoms with Gasteiger partial charge >= 0.3 is 6.18 Å². The van der Waals surface area contributed by atoms with Crippen LogP contribution in [0.15, 0.2) is 41.9 Å². The van der Waals surface area contributed by atoms with Crippen molar-refractivity contribution in [2.45, 2.75) is 26.6 Å². The Labute approximate surface area is 158 Å². The summed E-state index contributed by atoms with van der Waals surface area (Å²) in [6.07, 6.45) is -2.66. The van der Waals surface area contributed by atoms with Crippen LogP contribution in [-0.2, 0) is 12.7 Å². The third kappa shape index (κ3) is 3.90. The van der Waals surface area contributed by atoms with Crippen molar-refractivity contribution in [2.24, 2.45) is 0 Å². The van der Waals surface area contributed by atoms with Crippen LogP contribution in [0.4, 0.5) is 13.2 Å². The molecule has 8 heteroatoms. The van der Waals surface area contributed by atoms with E-state index in [4.69, 9.17) is 0 Å². The standard InChI is InChI=1S/C19H18F3N3OS/c1-12-10-16(13(2)25(12)18-23-8-9-27-18)17(26)24(3)11-14-4-6-15(7-5-14)19(20,21)22/h4-10H,11H2,1-3H3. The fourth-order valence-electron chi connectivity index (χ4n) is 2.95. The number of thiazole rings is 1. The minimum absolute atomic E-state index is 0.189. The molecular weight excluding hydrogens is 375 g/mol. The molecule has 2 heterocycles. The zero-order chi connectivity index (χ0) is 19.8. The maximum Gasteiger partial charge on any atom is 0.416 e. The van der Waals surface area contributed by atoms with Crippen molar-refractivity contribution < 1.29 is 18.0 Å². The van der Waals surface area contributed by atoms with E-state index in [9.17, 15) is 18.0 Å². The Bertz CT molecular complexity index is 944. The van der Waals surface area contributed by atoms with Gasteiger partial charge in [-0.25, -0.2) is 4.98 Å². The first-order valence-corrected chi connectivity index (χ1v) is 9.07. The molecule has 3 aromatic rings. The Morgan fingerprint density at radius 3 is 2.44 bits per heavy atom. The highest BCUT2D eigenvalue weighted by molar-refractivity contribution is 7.12. The number of amides is 1. The van der Waals surface area contributed by atoms with Gasteiger partial charge in [-0.3, -0.25) is 9.36 Å². The molecule has 27 heavy (non-hydrogen) atoms. The van der Waals surface area contributed by atoms with Crippen molar-refractivity contribution >= 4 is 17.2 Å². The summed E-state index contributed by atoms with van der Waals surface area (Å²) in [6.45, 7) is 3.98. The molecule has 3 rings (SSSR count). The summed E-state index contributed by atoms with van der Waals surface area (Å²) in [5.41, 5.74) is 2.16. The first-order chi connectivity index (χ1) is 12.7. The van der Waals surface area contributed by atoms with Crippen molar-refractivity contribution in [3.05, 3.63) is 70.0 Å². The molecule has 0 spiro atoms. The number of aromatic nitrogens is 2. The van der Waals surface area contributed by atoms with E-state index in [1.165, 1.54) is 28.4 Å². The molecule has 0 aliphatic rings. The maximum absolute atomic E-state index is 12.8. The Hall–Kier alpha value is -2.61. The molecule has 1 aromatic carbocycles. The van der Waals surface area contributed by atoms with Gasteiger partial charge in [-0.2, -0.15) is 13.2 Å². The van der Waals surface area contributed by atoms with E-state index in [0.29, 0.717) is 11.1 Å². The number of rotatable bonds is 4. The van der Waals surface area contributed by atoms with Gasteiger partial charge in [0.1, 0.15) is 0 Å². The normalized spacial score (nSPS) is 11.6. The van der Waals surface area contributed by atoms with Gasteiger partial charge in [-0.15, -0.1) is 11.3 Å². The molecule has 0 aliphatic carbocycles. The van der Waals surface area contributed by atoms with Crippen molar-refractivity contribution in [2.75, 3.05) is 7.05 Å². The molecule has 0 fully saturated rings. The van der Waals surface area contributed by atoms with E-state index in [0.717, 1.165) is 28.7 Å². The summed E-state index contributed by atoms with van der Waals surface area (Å²) in [5, 5.41) is 2.65. The van der Waals surface area contributed by atoms with Crippen molar-refractivity contribution in [3.63, 3.8) is 0 Å². The molecule has 0 aliphatic heterocycles. The third-order valence-corrected chi connectivity index (χ3v) is 5.08. The number of nitrogens with zero attached hydrogens (tertiary/aromatic N) is 3. The van der Waals surface area contributed by atoms with Gasteiger partial charge in [0.15, 0.2) is 5.13 Å². The summed E-state index contributed by atoms with van der Waals surface area (Å²) in [7, 11) is 1.63. The van der Waals surface area contributed by atoms with Gasteiger partial charge in [0.25, 0.3) is 5.91 Å². The van der Waals surface area contributed by atoms with Gasteiger partial charge in [0, 0.05) is 36.6 Å². The van der Waals surface area contributed by atoms with E-state index in [1.807, 2.05) is 29.9 Å². The summed E-state index contributed by atoms with van der Waals surface area (Å²) in [4.78, 5) is 18.6. The predicted molar refractivity (Wildman–Crippen MR) is 98.2 cm³/mol. The fourth-order valence-corrected chi connectivity index (χ4v) is 3.70. The number of halogens is 3. The molecule has 0 saturated carbocycles. The van der Waals surface area contributed by atoms with Gasteiger partial charge < -0.3 is 4.90 Å². The van der Waals surface area contributed by atoms with E-state index in [-0.39, 0.29) is 12.5 Å². The van der Waals surface area contributed by atoms with E-state index in [1.54, 1.807) is 13.2 Å². The lowest BCUT2D eigenvalue weighted by Crippen LogP contribution is -2.26. The molecule has 0 radical (unpaired) electrons. The molecular formula is C19H18F3N3OS. The number of aryl methyl sites for hydroxylation is 1. The Morgan fingerprint density at radius 1 is 1.22 bits per heavy atom. The smallest absolute Gasteiger partial charge is 0.337 e. The summed E-state index contributed by atoms with van der Waals surface area (Å²) < 4.78 is 39.9. The van der Waals surface area contributed by atoms with Crippen molar-refractivity contribution in [1.29, 1.82) is 0 Å². The second kappa shape index (κ2) is 7.19. The molecule has 1 amide bonds. The molecule has 142 valence electrons. The zero-order valence-corrected chi connectivity index (χ0v) is 15.9. The number of hydrogen-bond acceptors (Lipinski definition) is 3. The van der Waals surface area contributed by atoms with Crippen LogP contribution in [0.25, 0.3) is 5.13 Å². The maximum atomic E-state index is 12.8. The van der Waals surface area contributed by atoms with Crippen LogP contribution >= 0.6 is 11.3 Å². The van der Waals surface area contributed by atoms with E-state index < -0.39 is 11.7 Å². The largest absolute Gasteiger partial charge is 0.416 e. The second-order valence-corrected chi connectivity index (χ2v) is 7.16. The number of alkyl halides is 3. The van der Waals surface area contributed by atoms with Crippen LogP contribution < -0.4 is 0 Å². The molecule has 4 nitrogen and oxygen atoms in total. The summed E-state index contributed by atoms with van der Waals surface area (Å²) in [5.74, 6) is -0.189. The number of carbonyl (C=O) groups excluding carboxylic acids is 1. The van der Waals surface area contributed by atoms with Crippen molar-refractivity contribution in [3.8, 4) is 5.13 Å². The first-order valence-electron chi connectivity index (χ1n) is 8.19. The highest BCUT2D eigenvalue weighted by Crippen LogP contribution is 2.29. The average molecular weight is 393 g/mol. The SMILES string of the molecule is Cc1cc(C(=O)N(C)Cc2ccc(C(F)(F)F)cc2)c(C)n1-c1nccs1. The summed E-state index contributed by atoms with van der Waals surface area (Å²) >= 11 is 1.48. The Kier molecular flexibility index (Phi) is 5.10. The van der Waals surface area contributed by atoms with Crippen LogP contribution in [0.3, 0.4) is 0 Å². The van der Waals surface area contributed by atoms with Crippen LogP contribution in [-0.4, -0.2) is 27.4 Å². The lowest BCUT2D eigenvalue weighted by molar-refractivity contribution is -0.137. The highest BCUT2D eigenvalue weighted by Gasteiger charge is 2.30. The Balaban J connectivity index is 1.79. The first kappa shape index (κ1) is 19.2. The molecule has 0 bridgehead atoms. The van der Waals surface area contributed by atoms with Crippen LogP contribution in [0.1, 0.15) is 32.9 Å². The monoisotopic (exact) mass is 393 g/mol. The lowest BCUT2D eigenvalue weighted by atomic mass is 10.1. The van der Waals surface area contributed by atoms with Crippen LogP contribution in [0.5, 0.6) is 0 Å². The van der Waals surface area contributed by atoms with Gasteiger partial charge in [0.05, 0.1) is 11.1 Å². The number of carbonyl (C=O) groups is 1. The lowest BCUT2D eigenvalue weighted by Gasteiger charge is -2.18. The zero-order valence-electron chi connectivity index (χ0n) is 15.0. The molecule has 0 unspecified atom stereocenters. The summed E-state index contributed by atoms with van der Waals surface area (Å²) in [6, 6.07) is 6.66.